The SMILES string of the molecule is CCOC(=O)C1=C(Cn2nc(C)c(C)c(C#N)c2=O)NC(=O)NC1. The summed E-state index contributed by atoms with van der Waals surface area (Å²) in [7, 11) is 0. The van der Waals surface area contributed by atoms with Crippen LogP contribution in [0.5, 0.6) is 0 Å². The number of nitrogens with one attached hydrogen (secondary N) is 2. The molecule has 0 radical (unpaired) electrons. The van der Waals surface area contributed by atoms with E-state index >= 15 is 0 Å². The van der Waals surface area contributed by atoms with Crippen LogP contribution in [0.1, 0.15) is 23.7 Å². The van der Waals surface area contributed by atoms with E-state index in [-0.39, 0.29) is 36.5 Å². The number of rotatable bonds is 4. The number of aromatic nitrogens is 2. The summed E-state index contributed by atoms with van der Waals surface area (Å²) in [6, 6.07) is 1.37. The van der Waals surface area contributed by atoms with Crippen molar-refractivity contribution in [1.82, 2.24) is 20.4 Å². The molecule has 0 aromatic carbocycles. The molecular weight excluding hydrogens is 314 g/mol. The van der Waals surface area contributed by atoms with Gasteiger partial charge in [0, 0.05) is 0 Å². The number of hydrogen-bond acceptors (Lipinski definition) is 6. The van der Waals surface area contributed by atoms with Crippen LogP contribution >= 0.6 is 0 Å². The third kappa shape index (κ3) is 3.27. The van der Waals surface area contributed by atoms with Gasteiger partial charge in [0.2, 0.25) is 0 Å². The van der Waals surface area contributed by atoms with Gasteiger partial charge in [0.15, 0.2) is 0 Å². The second-order valence-corrected chi connectivity index (χ2v) is 5.15. The standard InChI is InChI=1S/C15H17N5O4/c1-4-24-14(22)11-6-17-15(23)18-12(11)7-20-13(21)10(5-16)8(2)9(3)19-20/h4,6-7H2,1-3H3,(H2,17,18,23). The van der Waals surface area contributed by atoms with Crippen LogP contribution < -0.4 is 16.2 Å². The fraction of sp³-hybridized carbons (Fsp3) is 0.400. The first-order valence-electron chi connectivity index (χ1n) is 7.31. The topological polar surface area (TPSA) is 126 Å². The Balaban J connectivity index is 2.49. The first kappa shape index (κ1) is 17.2. The summed E-state index contributed by atoms with van der Waals surface area (Å²) in [6.45, 7) is 5.02. The van der Waals surface area contributed by atoms with Gasteiger partial charge in [0.1, 0.15) is 11.6 Å². The molecule has 0 fully saturated rings. The first-order valence-corrected chi connectivity index (χ1v) is 7.31. The van der Waals surface area contributed by atoms with E-state index in [2.05, 4.69) is 15.7 Å². The van der Waals surface area contributed by atoms with E-state index in [0.717, 1.165) is 4.68 Å². The third-order valence-corrected chi connectivity index (χ3v) is 3.63. The minimum absolute atomic E-state index is 0.00923. The number of amides is 2. The van der Waals surface area contributed by atoms with Crippen LogP contribution in [0.3, 0.4) is 0 Å². The van der Waals surface area contributed by atoms with E-state index < -0.39 is 17.6 Å². The zero-order chi connectivity index (χ0) is 17.9. The average molecular weight is 331 g/mol. The number of ether oxygens (including phenoxy) is 1. The first-order chi connectivity index (χ1) is 11.4. The van der Waals surface area contributed by atoms with Gasteiger partial charge in [0.05, 0.1) is 36.7 Å². The van der Waals surface area contributed by atoms with Gasteiger partial charge in [-0.25, -0.2) is 14.3 Å². The molecule has 126 valence electrons. The third-order valence-electron chi connectivity index (χ3n) is 3.63. The average Bonchev–Trinajstić information content (AvgIpc) is 2.53. The minimum atomic E-state index is -0.586. The van der Waals surface area contributed by atoms with Crippen LogP contribution in [0.25, 0.3) is 0 Å². The predicted octanol–water partition coefficient (Wildman–Crippen LogP) is -0.138. The van der Waals surface area contributed by atoms with Gasteiger partial charge in [-0.3, -0.25) is 4.79 Å². The Hall–Kier alpha value is -3.15. The summed E-state index contributed by atoms with van der Waals surface area (Å²) in [5, 5.41) is 18.3. The molecule has 1 aromatic heterocycles. The molecule has 0 atom stereocenters. The Bertz CT molecular complexity index is 831. The van der Waals surface area contributed by atoms with Crippen LogP contribution in [0.15, 0.2) is 16.1 Å². The van der Waals surface area contributed by atoms with Crippen LogP contribution in [-0.4, -0.2) is 34.9 Å². The van der Waals surface area contributed by atoms with Crippen LogP contribution in [0.2, 0.25) is 0 Å². The molecule has 0 spiro atoms. The smallest absolute Gasteiger partial charge is 0.337 e. The van der Waals surface area contributed by atoms with E-state index in [0.29, 0.717) is 11.3 Å². The van der Waals surface area contributed by atoms with Crippen molar-refractivity contribution in [2.24, 2.45) is 0 Å². The predicted molar refractivity (Wildman–Crippen MR) is 82.9 cm³/mol. The van der Waals surface area contributed by atoms with E-state index in [1.54, 1.807) is 20.8 Å². The fourth-order valence-electron chi connectivity index (χ4n) is 2.24. The van der Waals surface area contributed by atoms with Crippen LogP contribution in [0.4, 0.5) is 4.79 Å². The van der Waals surface area contributed by atoms with Crippen molar-refractivity contribution < 1.29 is 14.3 Å². The number of hydrogen-bond donors (Lipinski definition) is 2. The van der Waals surface area contributed by atoms with E-state index in [1.165, 1.54) is 0 Å². The van der Waals surface area contributed by atoms with Crippen LogP contribution in [-0.2, 0) is 16.1 Å². The largest absolute Gasteiger partial charge is 0.463 e. The van der Waals surface area contributed by atoms with Gasteiger partial charge in [-0.05, 0) is 26.3 Å². The number of allylic oxidation sites excluding steroid dienone is 1. The number of nitrogens with zero attached hydrogens (tertiary/aromatic N) is 3. The Morgan fingerprint density at radius 1 is 1.42 bits per heavy atom. The zero-order valence-electron chi connectivity index (χ0n) is 13.6. The molecule has 2 rings (SSSR count). The lowest BCUT2D eigenvalue weighted by Crippen LogP contribution is -2.45. The lowest BCUT2D eigenvalue weighted by molar-refractivity contribution is -0.138. The lowest BCUT2D eigenvalue weighted by atomic mass is 10.1. The van der Waals surface area contributed by atoms with Crippen molar-refractivity contribution in [3.63, 3.8) is 0 Å². The van der Waals surface area contributed by atoms with E-state index in [4.69, 9.17) is 10.00 Å². The summed E-state index contributed by atoms with van der Waals surface area (Å²) in [5.74, 6) is -0.586. The molecule has 1 aliphatic rings. The summed E-state index contributed by atoms with van der Waals surface area (Å²) in [5.41, 5.74) is 0.864. The molecule has 0 bridgehead atoms. The highest BCUT2D eigenvalue weighted by Crippen LogP contribution is 2.11. The van der Waals surface area contributed by atoms with Gasteiger partial charge in [-0.15, -0.1) is 0 Å². The quantitative estimate of drug-likeness (QED) is 0.740. The van der Waals surface area contributed by atoms with E-state index in [1.807, 2.05) is 6.07 Å². The van der Waals surface area contributed by atoms with Gasteiger partial charge < -0.3 is 15.4 Å². The summed E-state index contributed by atoms with van der Waals surface area (Å²) in [4.78, 5) is 35.9. The summed E-state index contributed by atoms with van der Waals surface area (Å²) < 4.78 is 6.01. The Morgan fingerprint density at radius 3 is 2.75 bits per heavy atom. The maximum atomic E-state index is 12.3. The molecule has 2 N–H and O–H groups in total. The number of nitriles is 1. The van der Waals surface area contributed by atoms with Gasteiger partial charge in [-0.1, -0.05) is 0 Å². The van der Waals surface area contributed by atoms with Crippen molar-refractivity contribution in [2.75, 3.05) is 13.2 Å². The van der Waals surface area contributed by atoms with Crippen molar-refractivity contribution in [2.45, 2.75) is 27.3 Å². The zero-order valence-corrected chi connectivity index (χ0v) is 13.6. The molecule has 24 heavy (non-hydrogen) atoms. The highest BCUT2D eigenvalue weighted by atomic mass is 16.5. The normalized spacial score (nSPS) is 13.8. The molecule has 9 heteroatoms. The highest BCUT2D eigenvalue weighted by Gasteiger charge is 2.25. The molecule has 9 nitrogen and oxygen atoms in total. The molecule has 2 heterocycles. The van der Waals surface area contributed by atoms with E-state index in [9.17, 15) is 14.4 Å². The number of aryl methyl sites for hydroxylation is 1. The molecule has 1 aliphatic heterocycles. The van der Waals surface area contributed by atoms with Crippen LogP contribution in [0, 0.1) is 25.2 Å². The molecular formula is C15H17N5O4. The second-order valence-electron chi connectivity index (χ2n) is 5.15. The number of carbonyl (C=O) groups is 2. The Labute approximate surface area is 137 Å². The molecule has 0 aliphatic carbocycles. The molecule has 0 saturated carbocycles. The number of carbonyl (C=O) groups excluding carboxylic acids is 2. The Morgan fingerprint density at radius 2 is 2.12 bits per heavy atom. The molecule has 2 amide bonds. The number of esters is 1. The second kappa shape index (κ2) is 6.95. The van der Waals surface area contributed by atoms with Crippen molar-refractivity contribution in [3.8, 4) is 6.07 Å². The maximum absolute atomic E-state index is 12.3. The fourth-order valence-corrected chi connectivity index (χ4v) is 2.24. The molecule has 0 saturated heterocycles. The van der Waals surface area contributed by atoms with Gasteiger partial charge in [0.25, 0.3) is 5.56 Å². The summed E-state index contributed by atoms with van der Waals surface area (Å²) in [6.07, 6.45) is 0. The van der Waals surface area contributed by atoms with Gasteiger partial charge >= 0.3 is 12.0 Å². The maximum Gasteiger partial charge on any atom is 0.337 e. The minimum Gasteiger partial charge on any atom is -0.463 e. The Kier molecular flexibility index (Phi) is 4.99. The number of urea groups is 1. The molecule has 1 aromatic rings. The van der Waals surface area contributed by atoms with Gasteiger partial charge in [-0.2, -0.15) is 10.4 Å². The summed E-state index contributed by atoms with van der Waals surface area (Å²) >= 11 is 0. The van der Waals surface area contributed by atoms with Crippen molar-refractivity contribution in [1.29, 1.82) is 5.26 Å². The lowest BCUT2D eigenvalue weighted by Gasteiger charge is -2.21. The highest BCUT2D eigenvalue weighted by molar-refractivity contribution is 5.93. The molecule has 0 unspecified atom stereocenters. The monoisotopic (exact) mass is 331 g/mol. The van der Waals surface area contributed by atoms with Crippen molar-refractivity contribution >= 4 is 12.0 Å². The van der Waals surface area contributed by atoms with Crippen molar-refractivity contribution in [3.05, 3.63) is 38.4 Å².